The van der Waals surface area contributed by atoms with Crippen molar-refractivity contribution in [2.75, 3.05) is 4.72 Å². The Balaban J connectivity index is 2.39. The molecule has 0 bridgehead atoms. The van der Waals surface area contributed by atoms with Crippen molar-refractivity contribution < 1.29 is 26.0 Å². The zero-order valence-corrected chi connectivity index (χ0v) is 13.7. The van der Waals surface area contributed by atoms with E-state index in [1.807, 2.05) is 13.8 Å². The van der Waals surface area contributed by atoms with Crippen LogP contribution < -0.4 is 4.72 Å². The molecule has 3 nitrogen and oxygen atoms in total. The average Bonchev–Trinajstić information content (AvgIpc) is 2.56. The first-order chi connectivity index (χ1) is 11.2. The molecule has 0 aliphatic heterocycles. The second-order valence-corrected chi connectivity index (χ2v) is 7.01. The van der Waals surface area contributed by atoms with Crippen LogP contribution in [-0.4, -0.2) is 8.42 Å². The third-order valence-electron chi connectivity index (χ3n) is 3.72. The van der Waals surface area contributed by atoms with Crippen LogP contribution in [0.15, 0.2) is 35.2 Å². The number of halogens is 4. The van der Waals surface area contributed by atoms with Gasteiger partial charge in [0.25, 0.3) is 10.0 Å². The molecule has 24 heavy (non-hydrogen) atoms. The van der Waals surface area contributed by atoms with E-state index in [4.69, 9.17) is 0 Å². The summed E-state index contributed by atoms with van der Waals surface area (Å²) in [5, 5.41) is 0. The van der Waals surface area contributed by atoms with Gasteiger partial charge < -0.3 is 0 Å². The van der Waals surface area contributed by atoms with Crippen LogP contribution in [0.4, 0.5) is 23.2 Å². The molecule has 0 fully saturated rings. The van der Waals surface area contributed by atoms with Crippen molar-refractivity contribution in [3.63, 3.8) is 0 Å². The smallest absolute Gasteiger partial charge is 0.262 e. The number of anilines is 1. The molecule has 2 aromatic rings. The van der Waals surface area contributed by atoms with E-state index in [0.29, 0.717) is 0 Å². The van der Waals surface area contributed by atoms with Crippen molar-refractivity contribution in [2.45, 2.75) is 31.1 Å². The van der Waals surface area contributed by atoms with Crippen molar-refractivity contribution >= 4 is 15.7 Å². The standard InChI is InChI=1S/C16H15F4NO2S/c1-3-9(2)10-4-6-11(7-5-10)24(22,23)21-16-14(19)12(17)8-13(18)15(16)20/h4-9,21H,3H2,1-2H3. The van der Waals surface area contributed by atoms with Crippen LogP contribution in [0.1, 0.15) is 31.7 Å². The molecule has 0 aliphatic carbocycles. The molecule has 0 saturated carbocycles. The van der Waals surface area contributed by atoms with E-state index in [0.717, 1.165) is 12.0 Å². The predicted molar refractivity (Wildman–Crippen MR) is 82.2 cm³/mol. The Morgan fingerprint density at radius 2 is 1.50 bits per heavy atom. The topological polar surface area (TPSA) is 46.2 Å². The minimum atomic E-state index is -4.40. The minimum Gasteiger partial charge on any atom is -0.274 e. The van der Waals surface area contributed by atoms with Gasteiger partial charge in [-0.3, -0.25) is 4.72 Å². The third kappa shape index (κ3) is 3.53. The zero-order chi connectivity index (χ0) is 18.1. The van der Waals surface area contributed by atoms with E-state index in [1.165, 1.54) is 12.1 Å². The monoisotopic (exact) mass is 361 g/mol. The highest BCUT2D eigenvalue weighted by Gasteiger charge is 2.24. The van der Waals surface area contributed by atoms with E-state index in [-0.39, 0.29) is 16.9 Å². The molecule has 0 amide bonds. The molecule has 1 unspecified atom stereocenters. The predicted octanol–water partition coefficient (Wildman–Crippen LogP) is 4.56. The van der Waals surface area contributed by atoms with Gasteiger partial charge in [0.1, 0.15) is 5.69 Å². The van der Waals surface area contributed by atoms with Crippen LogP contribution in [0, 0.1) is 23.3 Å². The van der Waals surface area contributed by atoms with E-state index >= 15 is 0 Å². The molecule has 8 heteroatoms. The maximum absolute atomic E-state index is 13.6. The van der Waals surface area contributed by atoms with Gasteiger partial charge in [-0.1, -0.05) is 26.0 Å². The van der Waals surface area contributed by atoms with Gasteiger partial charge in [-0.25, -0.2) is 26.0 Å². The first-order valence-corrected chi connectivity index (χ1v) is 8.61. The second-order valence-electron chi connectivity index (χ2n) is 5.33. The Bertz CT molecular complexity index is 825. The van der Waals surface area contributed by atoms with E-state index in [1.54, 1.807) is 16.9 Å². The molecule has 0 aromatic heterocycles. The SMILES string of the molecule is CCC(C)c1ccc(S(=O)(=O)Nc2c(F)c(F)cc(F)c2F)cc1. The maximum atomic E-state index is 13.6. The van der Waals surface area contributed by atoms with Gasteiger partial charge in [-0.05, 0) is 30.0 Å². The summed E-state index contributed by atoms with van der Waals surface area (Å²) in [7, 11) is -4.40. The molecule has 130 valence electrons. The van der Waals surface area contributed by atoms with Crippen molar-refractivity contribution in [1.29, 1.82) is 0 Å². The first-order valence-electron chi connectivity index (χ1n) is 7.13. The van der Waals surface area contributed by atoms with Crippen LogP contribution in [0.5, 0.6) is 0 Å². The number of benzene rings is 2. The second kappa shape index (κ2) is 6.80. The lowest BCUT2D eigenvalue weighted by Crippen LogP contribution is -2.16. The van der Waals surface area contributed by atoms with Gasteiger partial charge in [-0.15, -0.1) is 0 Å². The summed E-state index contributed by atoms with van der Waals surface area (Å²) in [6.07, 6.45) is 0.851. The Morgan fingerprint density at radius 1 is 1.00 bits per heavy atom. The summed E-state index contributed by atoms with van der Waals surface area (Å²) < 4.78 is 79.5. The molecule has 0 aliphatic rings. The van der Waals surface area contributed by atoms with Crippen LogP contribution in [-0.2, 0) is 10.0 Å². The number of nitrogens with one attached hydrogen (secondary N) is 1. The van der Waals surface area contributed by atoms with Gasteiger partial charge in [0.2, 0.25) is 0 Å². The summed E-state index contributed by atoms with van der Waals surface area (Å²) in [5.74, 6) is -6.80. The fourth-order valence-electron chi connectivity index (χ4n) is 2.07. The van der Waals surface area contributed by atoms with Crippen molar-refractivity contribution in [3.8, 4) is 0 Å². The summed E-state index contributed by atoms with van der Waals surface area (Å²) in [6.45, 7) is 3.93. The van der Waals surface area contributed by atoms with Gasteiger partial charge >= 0.3 is 0 Å². The van der Waals surface area contributed by atoms with Crippen molar-refractivity contribution in [1.82, 2.24) is 0 Å². The van der Waals surface area contributed by atoms with Crippen LogP contribution in [0.3, 0.4) is 0 Å². The highest BCUT2D eigenvalue weighted by molar-refractivity contribution is 7.92. The number of hydrogen-bond donors (Lipinski definition) is 1. The molecule has 0 heterocycles. The molecule has 1 atom stereocenters. The largest absolute Gasteiger partial charge is 0.274 e. The van der Waals surface area contributed by atoms with E-state index in [2.05, 4.69) is 0 Å². The van der Waals surface area contributed by atoms with Crippen LogP contribution in [0.2, 0.25) is 0 Å². The maximum Gasteiger partial charge on any atom is 0.262 e. The van der Waals surface area contributed by atoms with Gasteiger partial charge in [-0.2, -0.15) is 0 Å². The Morgan fingerprint density at radius 3 is 1.96 bits per heavy atom. The van der Waals surface area contributed by atoms with Crippen LogP contribution >= 0.6 is 0 Å². The molecule has 2 rings (SSSR count). The van der Waals surface area contributed by atoms with E-state index < -0.39 is 39.0 Å². The fraction of sp³-hybridized carbons (Fsp3) is 0.250. The first kappa shape index (κ1) is 18.3. The number of rotatable bonds is 5. The zero-order valence-electron chi connectivity index (χ0n) is 12.9. The lowest BCUT2D eigenvalue weighted by atomic mass is 9.99. The van der Waals surface area contributed by atoms with Crippen LogP contribution in [0.25, 0.3) is 0 Å². The summed E-state index contributed by atoms with van der Waals surface area (Å²) in [4.78, 5) is -0.280. The molecule has 1 N–H and O–H groups in total. The Labute approximate surface area is 137 Å². The van der Waals surface area contributed by atoms with Gasteiger partial charge in [0, 0.05) is 6.07 Å². The molecule has 0 saturated heterocycles. The summed E-state index contributed by atoms with van der Waals surface area (Å²) >= 11 is 0. The lowest BCUT2D eigenvalue weighted by molar-refractivity contribution is 0.459. The summed E-state index contributed by atoms with van der Waals surface area (Å²) in [5.41, 5.74) is -0.496. The highest BCUT2D eigenvalue weighted by Crippen LogP contribution is 2.27. The normalized spacial score (nSPS) is 12.9. The minimum absolute atomic E-state index is 0.00337. The van der Waals surface area contributed by atoms with E-state index in [9.17, 15) is 26.0 Å². The number of hydrogen-bond acceptors (Lipinski definition) is 2. The van der Waals surface area contributed by atoms with Crippen molar-refractivity contribution in [3.05, 3.63) is 59.2 Å². The van der Waals surface area contributed by atoms with Crippen molar-refractivity contribution in [2.24, 2.45) is 0 Å². The third-order valence-corrected chi connectivity index (χ3v) is 5.09. The molecule has 0 spiro atoms. The Hall–Kier alpha value is -2.09. The molecule has 0 radical (unpaired) electrons. The Kier molecular flexibility index (Phi) is 5.17. The lowest BCUT2D eigenvalue weighted by Gasteiger charge is -2.12. The molecular formula is C16H15F4NO2S. The molecule has 2 aromatic carbocycles. The van der Waals surface area contributed by atoms with Gasteiger partial charge in [0.05, 0.1) is 4.90 Å². The highest BCUT2D eigenvalue weighted by atomic mass is 32.2. The quantitative estimate of drug-likeness (QED) is 0.627. The molecular weight excluding hydrogens is 346 g/mol. The average molecular weight is 361 g/mol. The summed E-state index contributed by atoms with van der Waals surface area (Å²) in [6, 6.07) is 5.66. The number of sulfonamides is 1. The fourth-order valence-corrected chi connectivity index (χ4v) is 3.13. The van der Waals surface area contributed by atoms with Gasteiger partial charge in [0.15, 0.2) is 23.3 Å².